The predicted octanol–water partition coefficient (Wildman–Crippen LogP) is 3.93. The van der Waals surface area contributed by atoms with Crippen molar-refractivity contribution in [3.63, 3.8) is 0 Å². The summed E-state index contributed by atoms with van der Waals surface area (Å²) in [6, 6.07) is 7.91. The van der Waals surface area contributed by atoms with Crippen molar-refractivity contribution < 1.29 is 27.3 Å². The Kier molecular flexibility index (Phi) is 5.57. The molecule has 0 aliphatic carbocycles. The normalized spacial score (nSPS) is 11.0. The van der Waals surface area contributed by atoms with Crippen molar-refractivity contribution in [3.8, 4) is 0 Å². The van der Waals surface area contributed by atoms with Gasteiger partial charge in [-0.25, -0.2) is 9.36 Å². The molecule has 1 aromatic carbocycles. The number of aromatic nitrogens is 1. The van der Waals surface area contributed by atoms with Crippen molar-refractivity contribution in [2.45, 2.75) is 19.3 Å². The fraction of sp³-hybridized carbons (Fsp3) is 0.176. The number of carbonyl (C=O) groups is 1. The van der Waals surface area contributed by atoms with Crippen LogP contribution in [-0.4, -0.2) is 6.09 Å². The minimum absolute atomic E-state index is 0.0136. The van der Waals surface area contributed by atoms with Crippen LogP contribution in [0, 0.1) is 0 Å². The molecule has 0 radical (unpaired) electrons. The second-order valence-corrected chi connectivity index (χ2v) is 4.97. The minimum Gasteiger partial charge on any atom is -0.444 e. The molecule has 0 aliphatic heterocycles. The zero-order chi connectivity index (χ0) is 17.6. The molecule has 1 heterocycles. The van der Waals surface area contributed by atoms with Gasteiger partial charge >= 0.3 is 12.3 Å². The largest absolute Gasteiger partial charge is 0.444 e. The van der Waals surface area contributed by atoms with E-state index in [0.29, 0.717) is 6.54 Å². The zero-order valence-electron chi connectivity index (χ0n) is 12.7. The van der Waals surface area contributed by atoms with Gasteiger partial charge in [0.05, 0.1) is 5.56 Å². The molecule has 1 N–H and O–H groups in total. The summed E-state index contributed by atoms with van der Waals surface area (Å²) in [7, 11) is 0. The van der Waals surface area contributed by atoms with E-state index < -0.39 is 17.8 Å². The van der Waals surface area contributed by atoms with E-state index in [9.17, 15) is 18.0 Å². The van der Waals surface area contributed by atoms with E-state index in [1.807, 2.05) is 17.0 Å². The van der Waals surface area contributed by atoms with E-state index in [-0.39, 0.29) is 12.3 Å². The SMILES string of the molecule is C=CC[n+]1ccc(COC(=O)Nc2cccc(C(F)(F)F)c2)cc1. The van der Waals surface area contributed by atoms with E-state index in [2.05, 4.69) is 11.9 Å². The van der Waals surface area contributed by atoms with E-state index in [4.69, 9.17) is 4.74 Å². The maximum atomic E-state index is 12.6. The van der Waals surface area contributed by atoms with Crippen LogP contribution in [0.5, 0.6) is 0 Å². The number of hydrogen-bond donors (Lipinski definition) is 1. The highest BCUT2D eigenvalue weighted by atomic mass is 19.4. The third-order valence-corrected chi connectivity index (χ3v) is 3.11. The summed E-state index contributed by atoms with van der Waals surface area (Å²) in [5, 5.41) is 2.28. The Balaban J connectivity index is 1.90. The molecule has 0 atom stereocenters. The molecule has 24 heavy (non-hydrogen) atoms. The molecule has 0 unspecified atom stereocenters. The molecule has 2 rings (SSSR count). The van der Waals surface area contributed by atoms with Crippen LogP contribution in [0.25, 0.3) is 0 Å². The van der Waals surface area contributed by atoms with Crippen LogP contribution in [0.4, 0.5) is 23.7 Å². The maximum absolute atomic E-state index is 12.6. The summed E-state index contributed by atoms with van der Waals surface area (Å²) in [5.74, 6) is 0. The number of alkyl halides is 3. The highest BCUT2D eigenvalue weighted by Gasteiger charge is 2.30. The van der Waals surface area contributed by atoms with E-state index >= 15 is 0 Å². The van der Waals surface area contributed by atoms with Crippen molar-refractivity contribution in [2.24, 2.45) is 0 Å². The van der Waals surface area contributed by atoms with Crippen LogP contribution in [0.1, 0.15) is 11.1 Å². The average Bonchev–Trinajstić information content (AvgIpc) is 2.54. The number of nitrogens with one attached hydrogen (secondary N) is 1. The summed E-state index contributed by atoms with van der Waals surface area (Å²) in [5.41, 5.74) is -0.0589. The lowest BCUT2D eigenvalue weighted by Crippen LogP contribution is -2.31. The zero-order valence-corrected chi connectivity index (χ0v) is 12.7. The Labute approximate surface area is 137 Å². The molecule has 0 fully saturated rings. The number of anilines is 1. The second kappa shape index (κ2) is 7.63. The number of allylic oxidation sites excluding steroid dienone is 1. The summed E-state index contributed by atoms with van der Waals surface area (Å²) >= 11 is 0. The first-order valence-electron chi connectivity index (χ1n) is 7.08. The lowest BCUT2D eigenvalue weighted by atomic mass is 10.2. The highest BCUT2D eigenvalue weighted by Crippen LogP contribution is 2.30. The smallest absolute Gasteiger partial charge is 0.416 e. The second-order valence-electron chi connectivity index (χ2n) is 4.97. The first-order valence-corrected chi connectivity index (χ1v) is 7.08. The van der Waals surface area contributed by atoms with E-state index in [0.717, 1.165) is 17.7 Å². The van der Waals surface area contributed by atoms with Gasteiger partial charge in [0.2, 0.25) is 0 Å². The number of halogens is 3. The number of ether oxygens (including phenoxy) is 1. The fourth-order valence-electron chi connectivity index (χ4n) is 1.93. The molecule has 2 aromatic rings. The number of pyridine rings is 1. The molecule has 1 amide bonds. The Morgan fingerprint density at radius 3 is 2.58 bits per heavy atom. The molecular formula is C17H16F3N2O2+. The monoisotopic (exact) mass is 337 g/mol. The lowest BCUT2D eigenvalue weighted by Gasteiger charge is -2.10. The van der Waals surface area contributed by atoms with Crippen LogP contribution in [0.2, 0.25) is 0 Å². The van der Waals surface area contributed by atoms with Crippen LogP contribution in [0.3, 0.4) is 0 Å². The maximum Gasteiger partial charge on any atom is 0.416 e. The molecule has 0 saturated heterocycles. The Morgan fingerprint density at radius 2 is 1.96 bits per heavy atom. The third-order valence-electron chi connectivity index (χ3n) is 3.11. The Morgan fingerprint density at radius 1 is 1.25 bits per heavy atom. The van der Waals surface area contributed by atoms with Crippen molar-refractivity contribution in [1.82, 2.24) is 0 Å². The van der Waals surface area contributed by atoms with Gasteiger partial charge < -0.3 is 4.74 Å². The fourth-order valence-corrected chi connectivity index (χ4v) is 1.93. The number of rotatable bonds is 5. The summed E-state index contributed by atoms with van der Waals surface area (Å²) in [6.45, 7) is 4.31. The van der Waals surface area contributed by atoms with Crippen LogP contribution < -0.4 is 9.88 Å². The first kappa shape index (κ1) is 17.5. The predicted molar refractivity (Wildman–Crippen MR) is 82.1 cm³/mol. The van der Waals surface area contributed by atoms with E-state index in [1.54, 1.807) is 18.2 Å². The molecule has 126 valence electrons. The van der Waals surface area contributed by atoms with Gasteiger partial charge in [-0.1, -0.05) is 12.6 Å². The van der Waals surface area contributed by atoms with Crippen molar-refractivity contribution in [3.05, 3.63) is 72.6 Å². The quantitative estimate of drug-likeness (QED) is 0.664. The minimum atomic E-state index is -4.47. The number of benzene rings is 1. The molecule has 4 nitrogen and oxygen atoms in total. The molecule has 0 aliphatic rings. The van der Waals surface area contributed by atoms with Crippen molar-refractivity contribution >= 4 is 11.8 Å². The molecule has 1 aromatic heterocycles. The number of nitrogens with zero attached hydrogens (tertiary/aromatic N) is 1. The van der Waals surface area contributed by atoms with Crippen LogP contribution >= 0.6 is 0 Å². The third kappa shape index (κ3) is 5.12. The highest BCUT2D eigenvalue weighted by molar-refractivity contribution is 5.84. The Bertz CT molecular complexity index is 713. The van der Waals surface area contributed by atoms with Gasteiger partial charge in [0.1, 0.15) is 6.61 Å². The topological polar surface area (TPSA) is 42.2 Å². The number of carbonyl (C=O) groups excluding carboxylic acids is 1. The molecule has 0 bridgehead atoms. The van der Waals surface area contributed by atoms with Crippen LogP contribution in [-0.2, 0) is 24.1 Å². The molecule has 0 saturated carbocycles. The Hall–Kier alpha value is -2.83. The van der Waals surface area contributed by atoms with Gasteiger partial charge in [0, 0.05) is 23.4 Å². The number of amides is 1. The standard InChI is InChI=1S/C17H15F3N2O2/c1-2-8-22-9-6-13(7-10-22)12-24-16(23)21-15-5-3-4-14(11-15)17(18,19)20/h2-7,9-11H,1,8,12H2/p+1. The summed E-state index contributed by atoms with van der Waals surface area (Å²) < 4.78 is 44.7. The molecule has 7 heteroatoms. The average molecular weight is 337 g/mol. The summed E-state index contributed by atoms with van der Waals surface area (Å²) in [4.78, 5) is 11.7. The lowest BCUT2D eigenvalue weighted by molar-refractivity contribution is -0.687. The molecule has 0 spiro atoms. The van der Waals surface area contributed by atoms with Gasteiger partial charge in [0.15, 0.2) is 18.9 Å². The van der Waals surface area contributed by atoms with Crippen molar-refractivity contribution in [2.75, 3.05) is 5.32 Å². The van der Waals surface area contributed by atoms with Gasteiger partial charge in [-0.15, -0.1) is 0 Å². The number of hydrogen-bond acceptors (Lipinski definition) is 2. The first-order chi connectivity index (χ1) is 11.4. The van der Waals surface area contributed by atoms with Crippen LogP contribution in [0.15, 0.2) is 61.4 Å². The van der Waals surface area contributed by atoms with Gasteiger partial charge in [-0.2, -0.15) is 13.2 Å². The van der Waals surface area contributed by atoms with Gasteiger partial charge in [0.25, 0.3) is 0 Å². The molecular weight excluding hydrogens is 321 g/mol. The van der Waals surface area contributed by atoms with E-state index in [1.165, 1.54) is 12.1 Å². The van der Waals surface area contributed by atoms with Crippen molar-refractivity contribution in [1.29, 1.82) is 0 Å². The summed E-state index contributed by atoms with van der Waals surface area (Å²) in [6.07, 6.45) is 0.0820. The van der Waals surface area contributed by atoms with Gasteiger partial charge in [-0.3, -0.25) is 5.32 Å². The van der Waals surface area contributed by atoms with Gasteiger partial charge in [-0.05, 0) is 24.3 Å².